The Balaban J connectivity index is 3.58. The summed E-state index contributed by atoms with van der Waals surface area (Å²) in [6.45, 7) is 0. The van der Waals surface area contributed by atoms with Crippen LogP contribution in [0.1, 0.15) is 5.56 Å². The summed E-state index contributed by atoms with van der Waals surface area (Å²) in [7, 11) is 1.57. The number of aryl methyl sites for hydroxylation is 1. The molecule has 0 aliphatic rings. The Morgan fingerprint density at radius 1 is 1.73 bits per heavy atom. The summed E-state index contributed by atoms with van der Waals surface area (Å²) >= 11 is 0. The molecule has 0 bridgehead atoms. The molecular weight excluding hydrogens is 142 g/mol. The van der Waals surface area contributed by atoms with Gasteiger partial charge in [-0.25, -0.2) is 0 Å². The van der Waals surface area contributed by atoms with Crippen molar-refractivity contribution in [1.29, 1.82) is 5.26 Å². The lowest BCUT2D eigenvalue weighted by molar-refractivity contribution is 0.857. The van der Waals surface area contributed by atoms with Gasteiger partial charge in [-0.3, -0.25) is 4.79 Å². The van der Waals surface area contributed by atoms with Crippen LogP contribution in [0.4, 0.5) is 5.69 Å². The van der Waals surface area contributed by atoms with E-state index >= 15 is 0 Å². The highest BCUT2D eigenvalue weighted by Crippen LogP contribution is 2.01. The van der Waals surface area contributed by atoms with Gasteiger partial charge in [0.25, 0.3) is 5.56 Å². The molecule has 2 N–H and O–H groups in total. The number of nitrogen functional groups attached to an aromatic ring is 1. The van der Waals surface area contributed by atoms with Crippen molar-refractivity contribution in [2.24, 2.45) is 7.05 Å². The van der Waals surface area contributed by atoms with E-state index in [1.54, 1.807) is 13.1 Å². The first-order valence-corrected chi connectivity index (χ1v) is 3.02. The molecule has 0 saturated carbocycles. The highest BCUT2D eigenvalue weighted by Gasteiger charge is 2.03. The van der Waals surface area contributed by atoms with Gasteiger partial charge in [-0.05, 0) is 6.07 Å². The predicted octanol–water partition coefficient (Wildman–Crippen LogP) is -0.161. The van der Waals surface area contributed by atoms with Gasteiger partial charge in [0.05, 0.1) is 5.69 Å². The Morgan fingerprint density at radius 3 is 2.82 bits per heavy atom. The van der Waals surface area contributed by atoms with E-state index in [9.17, 15) is 4.79 Å². The molecule has 1 heterocycles. The smallest absolute Gasteiger partial charge is 0.270 e. The molecule has 1 aromatic rings. The fraction of sp³-hybridized carbons (Fsp3) is 0.143. The van der Waals surface area contributed by atoms with Crippen molar-refractivity contribution in [2.45, 2.75) is 0 Å². The van der Waals surface area contributed by atoms with Crippen molar-refractivity contribution in [1.82, 2.24) is 4.57 Å². The summed E-state index contributed by atoms with van der Waals surface area (Å²) in [6.07, 6.45) is 1.53. The minimum atomic E-state index is -0.354. The third kappa shape index (κ3) is 1.08. The lowest BCUT2D eigenvalue weighted by atomic mass is 10.2. The minimum Gasteiger partial charge on any atom is -0.397 e. The van der Waals surface area contributed by atoms with E-state index in [2.05, 4.69) is 0 Å². The molecule has 0 aliphatic heterocycles. The van der Waals surface area contributed by atoms with E-state index in [1.165, 1.54) is 16.8 Å². The first-order valence-electron chi connectivity index (χ1n) is 3.02. The normalized spacial score (nSPS) is 9.09. The van der Waals surface area contributed by atoms with Crippen molar-refractivity contribution in [3.8, 4) is 6.07 Å². The maximum Gasteiger partial charge on any atom is 0.270 e. The van der Waals surface area contributed by atoms with Gasteiger partial charge in [-0.1, -0.05) is 0 Å². The quantitative estimate of drug-likeness (QED) is 0.557. The van der Waals surface area contributed by atoms with Crippen LogP contribution in [0.5, 0.6) is 0 Å². The zero-order valence-corrected chi connectivity index (χ0v) is 6.03. The standard InChI is InChI=1S/C7H7N3O/c1-10-3-2-6(9)5(4-8)7(10)11/h2-3H,9H2,1H3. The predicted molar refractivity (Wildman–Crippen MR) is 40.8 cm³/mol. The molecule has 0 unspecified atom stereocenters. The summed E-state index contributed by atoms with van der Waals surface area (Å²) in [5.74, 6) is 0. The average Bonchev–Trinajstić information content (AvgIpc) is 1.99. The lowest BCUT2D eigenvalue weighted by Gasteiger charge is -1.98. The van der Waals surface area contributed by atoms with Crippen molar-refractivity contribution in [3.63, 3.8) is 0 Å². The van der Waals surface area contributed by atoms with Crippen LogP contribution in [0.2, 0.25) is 0 Å². The number of hydrogen-bond acceptors (Lipinski definition) is 3. The van der Waals surface area contributed by atoms with E-state index in [0.29, 0.717) is 0 Å². The summed E-state index contributed by atoms with van der Waals surface area (Å²) in [4.78, 5) is 11.1. The van der Waals surface area contributed by atoms with Crippen LogP contribution in [0, 0.1) is 11.3 Å². The number of pyridine rings is 1. The maximum atomic E-state index is 11.1. The second-order valence-electron chi connectivity index (χ2n) is 2.17. The fourth-order valence-electron chi connectivity index (χ4n) is 0.755. The van der Waals surface area contributed by atoms with Crippen LogP contribution in [0.3, 0.4) is 0 Å². The van der Waals surface area contributed by atoms with Gasteiger partial charge in [-0.2, -0.15) is 5.26 Å². The Kier molecular flexibility index (Phi) is 1.65. The summed E-state index contributed by atoms with van der Waals surface area (Å²) < 4.78 is 1.31. The zero-order chi connectivity index (χ0) is 8.43. The van der Waals surface area contributed by atoms with Crippen LogP contribution in [-0.4, -0.2) is 4.57 Å². The Morgan fingerprint density at radius 2 is 2.36 bits per heavy atom. The molecular formula is C7H7N3O. The Bertz CT molecular complexity index is 372. The van der Waals surface area contributed by atoms with Gasteiger partial charge in [0, 0.05) is 13.2 Å². The number of aromatic nitrogens is 1. The molecule has 0 radical (unpaired) electrons. The van der Waals surface area contributed by atoms with E-state index in [4.69, 9.17) is 11.0 Å². The Hall–Kier alpha value is -1.76. The number of nitrogens with zero attached hydrogens (tertiary/aromatic N) is 2. The number of rotatable bonds is 0. The van der Waals surface area contributed by atoms with Crippen LogP contribution in [-0.2, 0) is 7.05 Å². The van der Waals surface area contributed by atoms with Gasteiger partial charge < -0.3 is 10.3 Å². The number of hydrogen-bond donors (Lipinski definition) is 1. The van der Waals surface area contributed by atoms with Crippen LogP contribution < -0.4 is 11.3 Å². The molecule has 0 aliphatic carbocycles. The molecule has 0 saturated heterocycles. The summed E-state index contributed by atoms with van der Waals surface area (Å²) in [5.41, 5.74) is 5.25. The van der Waals surface area contributed by atoms with Crippen molar-refractivity contribution in [2.75, 3.05) is 5.73 Å². The summed E-state index contributed by atoms with van der Waals surface area (Å²) in [5, 5.41) is 8.48. The second-order valence-corrected chi connectivity index (χ2v) is 2.17. The van der Waals surface area contributed by atoms with E-state index in [1.807, 2.05) is 0 Å². The van der Waals surface area contributed by atoms with E-state index in [0.717, 1.165) is 0 Å². The van der Waals surface area contributed by atoms with Gasteiger partial charge in [0.2, 0.25) is 0 Å². The monoisotopic (exact) mass is 149 g/mol. The van der Waals surface area contributed by atoms with Crippen LogP contribution in [0.25, 0.3) is 0 Å². The molecule has 1 aromatic heterocycles. The molecule has 0 atom stereocenters. The first-order chi connectivity index (χ1) is 5.16. The SMILES string of the molecule is Cn1ccc(N)c(C#N)c1=O. The third-order valence-electron chi connectivity index (χ3n) is 1.41. The van der Waals surface area contributed by atoms with Crippen molar-refractivity contribution in [3.05, 3.63) is 28.2 Å². The highest BCUT2D eigenvalue weighted by molar-refractivity contribution is 5.51. The van der Waals surface area contributed by atoms with Crippen molar-refractivity contribution < 1.29 is 0 Å². The molecule has 0 fully saturated rings. The van der Waals surface area contributed by atoms with E-state index < -0.39 is 0 Å². The molecule has 4 nitrogen and oxygen atoms in total. The second kappa shape index (κ2) is 2.46. The van der Waals surface area contributed by atoms with Crippen molar-refractivity contribution >= 4 is 5.69 Å². The molecule has 11 heavy (non-hydrogen) atoms. The fourth-order valence-corrected chi connectivity index (χ4v) is 0.755. The molecule has 0 aromatic carbocycles. The van der Waals surface area contributed by atoms with Gasteiger partial charge in [0.1, 0.15) is 11.6 Å². The molecule has 0 amide bonds. The van der Waals surface area contributed by atoms with Gasteiger partial charge in [0.15, 0.2) is 0 Å². The Labute approximate surface area is 63.5 Å². The number of nitriles is 1. The lowest BCUT2D eigenvalue weighted by Crippen LogP contribution is -2.20. The number of anilines is 1. The molecule has 0 spiro atoms. The van der Waals surface area contributed by atoms with Crippen LogP contribution in [0.15, 0.2) is 17.1 Å². The largest absolute Gasteiger partial charge is 0.397 e. The first kappa shape index (κ1) is 7.35. The molecule has 4 heteroatoms. The zero-order valence-electron chi connectivity index (χ0n) is 6.03. The van der Waals surface area contributed by atoms with Crippen LogP contribution >= 0.6 is 0 Å². The molecule has 56 valence electrons. The van der Waals surface area contributed by atoms with Gasteiger partial charge >= 0.3 is 0 Å². The summed E-state index contributed by atoms with van der Waals surface area (Å²) in [6, 6.07) is 3.27. The average molecular weight is 149 g/mol. The van der Waals surface area contributed by atoms with E-state index in [-0.39, 0.29) is 16.8 Å². The molecule has 1 rings (SSSR count). The highest BCUT2D eigenvalue weighted by atomic mass is 16.1. The topological polar surface area (TPSA) is 71.8 Å². The minimum absolute atomic E-state index is 0.00926. The maximum absolute atomic E-state index is 11.1. The van der Waals surface area contributed by atoms with Gasteiger partial charge in [-0.15, -0.1) is 0 Å². The number of nitrogens with two attached hydrogens (primary N) is 1. The third-order valence-corrected chi connectivity index (χ3v) is 1.41.